The second kappa shape index (κ2) is 7.87. The summed E-state index contributed by atoms with van der Waals surface area (Å²) in [4.78, 5) is 26.6. The molecule has 0 spiro atoms. The standard InChI is InChI=1S/C22H20N2O5/c25-20(16-8-6-15(7-9-16)14-4-2-1-3-5-14)13-19-22(26)29-21-12-17(24(27)28)10-11-18(21)23-19/h6-14,25H,1-5H2. The Kier molecular flexibility index (Phi) is 5.12. The average Bonchev–Trinajstić information content (AvgIpc) is 2.74. The molecule has 1 aromatic heterocycles. The third kappa shape index (κ3) is 4.03. The molecule has 148 valence electrons. The lowest BCUT2D eigenvalue weighted by atomic mass is 9.84. The van der Waals surface area contributed by atoms with Crippen molar-refractivity contribution in [3.63, 3.8) is 0 Å². The Labute approximate surface area is 166 Å². The Morgan fingerprint density at radius 1 is 1.14 bits per heavy atom. The van der Waals surface area contributed by atoms with E-state index < -0.39 is 10.5 Å². The molecule has 0 amide bonds. The highest BCUT2D eigenvalue weighted by Gasteiger charge is 2.16. The Hall–Kier alpha value is -3.48. The molecule has 4 rings (SSSR count). The van der Waals surface area contributed by atoms with Gasteiger partial charge in [-0.1, -0.05) is 43.5 Å². The number of non-ortho nitro benzene ring substituents is 1. The maximum Gasteiger partial charge on any atom is 0.362 e. The van der Waals surface area contributed by atoms with Crippen molar-refractivity contribution in [3.05, 3.63) is 79.8 Å². The van der Waals surface area contributed by atoms with Gasteiger partial charge >= 0.3 is 5.63 Å². The summed E-state index contributed by atoms with van der Waals surface area (Å²) in [5, 5.41) is 21.3. The maximum absolute atomic E-state index is 12.2. The van der Waals surface area contributed by atoms with Gasteiger partial charge in [0.15, 0.2) is 11.3 Å². The molecule has 7 heteroatoms. The lowest BCUT2D eigenvalue weighted by molar-refractivity contribution is -0.384. The third-order valence-electron chi connectivity index (χ3n) is 5.36. The van der Waals surface area contributed by atoms with Crippen LogP contribution in [0.15, 0.2) is 51.7 Å². The fourth-order valence-corrected chi connectivity index (χ4v) is 3.78. The first-order valence-corrected chi connectivity index (χ1v) is 9.61. The average molecular weight is 392 g/mol. The van der Waals surface area contributed by atoms with Crippen LogP contribution in [0.25, 0.3) is 22.9 Å². The molecule has 3 aromatic rings. The minimum Gasteiger partial charge on any atom is -0.507 e. The Balaban J connectivity index is 1.61. The maximum atomic E-state index is 12.2. The minimum atomic E-state index is -0.775. The zero-order valence-corrected chi connectivity index (χ0v) is 15.7. The molecule has 1 aliphatic carbocycles. The zero-order chi connectivity index (χ0) is 20.4. The van der Waals surface area contributed by atoms with Crippen LogP contribution in [-0.2, 0) is 0 Å². The number of benzene rings is 2. The predicted molar refractivity (Wildman–Crippen MR) is 110 cm³/mol. The lowest BCUT2D eigenvalue weighted by Crippen LogP contribution is -2.07. The summed E-state index contributed by atoms with van der Waals surface area (Å²) < 4.78 is 5.14. The van der Waals surface area contributed by atoms with E-state index in [-0.39, 0.29) is 22.7 Å². The van der Waals surface area contributed by atoms with Gasteiger partial charge in [-0.2, -0.15) is 0 Å². The van der Waals surface area contributed by atoms with Gasteiger partial charge in [-0.15, -0.1) is 0 Å². The van der Waals surface area contributed by atoms with Crippen LogP contribution in [0.3, 0.4) is 0 Å². The van der Waals surface area contributed by atoms with Gasteiger partial charge in [0.1, 0.15) is 11.3 Å². The molecule has 0 saturated heterocycles. The van der Waals surface area contributed by atoms with E-state index in [1.54, 1.807) is 0 Å². The Morgan fingerprint density at radius 3 is 2.55 bits per heavy atom. The van der Waals surface area contributed by atoms with Gasteiger partial charge in [-0.3, -0.25) is 10.1 Å². The summed E-state index contributed by atoms with van der Waals surface area (Å²) in [6, 6.07) is 11.6. The fourth-order valence-electron chi connectivity index (χ4n) is 3.78. The molecular formula is C22H20N2O5. The van der Waals surface area contributed by atoms with E-state index in [0.717, 1.165) is 6.07 Å². The lowest BCUT2D eigenvalue weighted by Gasteiger charge is -2.22. The van der Waals surface area contributed by atoms with E-state index in [0.29, 0.717) is 17.0 Å². The number of aliphatic hydroxyl groups excluding tert-OH is 1. The number of hydrogen-bond donors (Lipinski definition) is 1. The molecule has 1 heterocycles. The van der Waals surface area contributed by atoms with Gasteiger partial charge in [0, 0.05) is 17.7 Å². The molecule has 0 bridgehead atoms. The molecule has 1 fully saturated rings. The van der Waals surface area contributed by atoms with Crippen LogP contribution < -0.4 is 5.63 Å². The molecule has 29 heavy (non-hydrogen) atoms. The van der Waals surface area contributed by atoms with Crippen molar-refractivity contribution in [1.82, 2.24) is 4.98 Å². The van der Waals surface area contributed by atoms with Gasteiger partial charge in [0.25, 0.3) is 5.69 Å². The van der Waals surface area contributed by atoms with Crippen LogP contribution >= 0.6 is 0 Å². The molecule has 0 aliphatic heterocycles. The Morgan fingerprint density at radius 2 is 1.86 bits per heavy atom. The topological polar surface area (TPSA) is 106 Å². The first kappa shape index (κ1) is 18.9. The van der Waals surface area contributed by atoms with Crippen molar-refractivity contribution in [2.45, 2.75) is 38.0 Å². The summed E-state index contributed by atoms with van der Waals surface area (Å²) in [5.41, 5.74) is 1.13. The zero-order valence-electron chi connectivity index (χ0n) is 15.7. The van der Waals surface area contributed by atoms with E-state index >= 15 is 0 Å². The van der Waals surface area contributed by atoms with Gasteiger partial charge < -0.3 is 9.52 Å². The second-order valence-electron chi connectivity index (χ2n) is 7.28. The molecule has 2 aromatic carbocycles. The van der Waals surface area contributed by atoms with Gasteiger partial charge in [-0.25, -0.2) is 9.78 Å². The molecule has 1 saturated carbocycles. The smallest absolute Gasteiger partial charge is 0.362 e. The van der Waals surface area contributed by atoms with E-state index in [1.807, 2.05) is 24.3 Å². The number of nitro groups is 1. The van der Waals surface area contributed by atoms with E-state index in [4.69, 9.17) is 4.42 Å². The summed E-state index contributed by atoms with van der Waals surface area (Å²) in [5.74, 6) is 0.475. The fraction of sp³-hybridized carbons (Fsp3) is 0.273. The van der Waals surface area contributed by atoms with Crippen LogP contribution in [-0.4, -0.2) is 15.0 Å². The molecule has 0 unspecified atom stereocenters. The Bertz CT molecular complexity index is 1140. The summed E-state index contributed by atoms with van der Waals surface area (Å²) in [6.45, 7) is 0. The third-order valence-corrected chi connectivity index (χ3v) is 5.36. The number of aliphatic hydroxyl groups is 1. The van der Waals surface area contributed by atoms with Crippen LogP contribution in [0.2, 0.25) is 0 Å². The van der Waals surface area contributed by atoms with Crippen molar-refractivity contribution < 1.29 is 14.4 Å². The predicted octanol–water partition coefficient (Wildman–Crippen LogP) is 5.20. The second-order valence-corrected chi connectivity index (χ2v) is 7.28. The van der Waals surface area contributed by atoms with Crippen molar-refractivity contribution in [2.75, 3.05) is 0 Å². The molecule has 1 aliphatic rings. The largest absolute Gasteiger partial charge is 0.507 e. The van der Waals surface area contributed by atoms with Crippen molar-refractivity contribution >= 4 is 28.6 Å². The van der Waals surface area contributed by atoms with Crippen molar-refractivity contribution in [3.8, 4) is 0 Å². The normalized spacial score (nSPS) is 15.5. The molecule has 7 nitrogen and oxygen atoms in total. The van der Waals surface area contributed by atoms with E-state index in [2.05, 4.69) is 4.98 Å². The van der Waals surface area contributed by atoms with Gasteiger partial charge in [0.2, 0.25) is 0 Å². The number of hydrogen-bond acceptors (Lipinski definition) is 6. The van der Waals surface area contributed by atoms with Crippen molar-refractivity contribution in [2.24, 2.45) is 0 Å². The number of nitro benzene ring substituents is 1. The highest BCUT2D eigenvalue weighted by Crippen LogP contribution is 2.33. The summed E-state index contributed by atoms with van der Waals surface area (Å²) in [6.07, 6.45) is 7.45. The first-order valence-electron chi connectivity index (χ1n) is 9.61. The molecular weight excluding hydrogens is 372 g/mol. The number of nitrogens with zero attached hydrogens (tertiary/aromatic N) is 2. The van der Waals surface area contributed by atoms with Crippen LogP contribution in [0.4, 0.5) is 5.69 Å². The molecule has 0 radical (unpaired) electrons. The van der Waals surface area contributed by atoms with Crippen LogP contribution in [0, 0.1) is 10.1 Å². The van der Waals surface area contributed by atoms with Gasteiger partial charge in [-0.05, 0) is 30.4 Å². The number of fused-ring (bicyclic) bond motifs is 1. The number of aromatic nitrogens is 1. The SMILES string of the molecule is O=c1oc2cc([N+](=O)[O-])ccc2nc1C=C(O)c1ccc(C2CCCCC2)cc1. The monoisotopic (exact) mass is 392 g/mol. The van der Waals surface area contributed by atoms with Crippen LogP contribution in [0.1, 0.15) is 54.8 Å². The molecule has 1 N–H and O–H groups in total. The minimum absolute atomic E-state index is 0.0256. The highest BCUT2D eigenvalue weighted by atomic mass is 16.6. The quantitative estimate of drug-likeness (QED) is 0.371. The van der Waals surface area contributed by atoms with Crippen molar-refractivity contribution in [1.29, 1.82) is 0 Å². The highest BCUT2D eigenvalue weighted by molar-refractivity contribution is 5.79. The first-order chi connectivity index (χ1) is 14.0. The van der Waals surface area contributed by atoms with Crippen LogP contribution in [0.5, 0.6) is 0 Å². The molecule has 0 atom stereocenters. The van der Waals surface area contributed by atoms with Gasteiger partial charge in [0.05, 0.1) is 11.0 Å². The number of rotatable bonds is 4. The summed E-state index contributed by atoms with van der Waals surface area (Å²) >= 11 is 0. The van der Waals surface area contributed by atoms with E-state index in [9.17, 15) is 20.0 Å². The summed E-state index contributed by atoms with van der Waals surface area (Å²) in [7, 11) is 0. The van der Waals surface area contributed by atoms with E-state index in [1.165, 1.54) is 55.9 Å².